The molecule has 0 aliphatic heterocycles. The maximum absolute atomic E-state index is 10.4. The molecule has 1 N–H and O–H groups in total. The number of hydrogen-bond donors (Lipinski definition) is 1. The molecule has 0 aromatic carbocycles. The van der Waals surface area contributed by atoms with Gasteiger partial charge in [0.1, 0.15) is 0 Å². The van der Waals surface area contributed by atoms with Crippen molar-refractivity contribution in [1.29, 1.82) is 0 Å². The Morgan fingerprint density at radius 2 is 0.828 bits per heavy atom. The SMILES string of the molecule is CCCCCCCCCCCC=CCCCCCCCCCCCCCC(=O)O. The van der Waals surface area contributed by atoms with Crippen molar-refractivity contribution < 1.29 is 9.90 Å². The molecule has 0 saturated heterocycles. The largest absolute Gasteiger partial charge is 0.481 e. The third-order valence-electron chi connectivity index (χ3n) is 5.90. The second kappa shape index (κ2) is 25.2. The van der Waals surface area contributed by atoms with Crippen LogP contribution in [0.25, 0.3) is 0 Å². The summed E-state index contributed by atoms with van der Waals surface area (Å²) >= 11 is 0. The summed E-state index contributed by atoms with van der Waals surface area (Å²) in [6.45, 7) is 2.29. The fourth-order valence-electron chi connectivity index (χ4n) is 3.94. The Hall–Kier alpha value is -0.790. The predicted octanol–water partition coefficient (Wildman–Crippen LogP) is 9.62. The number of rotatable bonds is 24. The van der Waals surface area contributed by atoms with Crippen molar-refractivity contribution >= 4 is 5.97 Å². The molecular weight excluding hydrogens is 356 g/mol. The number of carbonyl (C=O) groups is 1. The molecule has 0 aliphatic rings. The van der Waals surface area contributed by atoms with Crippen LogP contribution in [0.4, 0.5) is 0 Å². The number of aliphatic carboxylic acids is 1. The fourth-order valence-corrected chi connectivity index (χ4v) is 3.94. The Balaban J connectivity index is 3.07. The lowest BCUT2D eigenvalue weighted by atomic mass is 10.0. The van der Waals surface area contributed by atoms with E-state index < -0.39 is 5.97 Å². The Labute approximate surface area is 182 Å². The highest BCUT2D eigenvalue weighted by molar-refractivity contribution is 5.66. The normalized spacial score (nSPS) is 11.5. The van der Waals surface area contributed by atoms with Gasteiger partial charge in [-0.15, -0.1) is 0 Å². The van der Waals surface area contributed by atoms with Gasteiger partial charge in [-0.3, -0.25) is 4.79 Å². The number of hydrogen-bond acceptors (Lipinski definition) is 1. The number of carboxylic acids is 1. The Kier molecular flexibility index (Phi) is 24.6. The standard InChI is InChI=1S/C27H52O2/c1-2-3-4-5-6-7-8-9-10-11-12-13-14-15-16-17-18-19-20-21-22-23-24-25-26-27(28)29/h12-13H,2-11,14-26H2,1H3,(H,28,29). The molecule has 0 rings (SSSR count). The average Bonchev–Trinajstić information content (AvgIpc) is 2.71. The van der Waals surface area contributed by atoms with E-state index in [1.54, 1.807) is 0 Å². The lowest BCUT2D eigenvalue weighted by Crippen LogP contribution is -1.93. The topological polar surface area (TPSA) is 37.3 Å². The summed E-state index contributed by atoms with van der Waals surface area (Å²) in [6.07, 6.45) is 34.5. The molecule has 0 aromatic heterocycles. The second-order valence-electron chi connectivity index (χ2n) is 8.91. The smallest absolute Gasteiger partial charge is 0.303 e. The van der Waals surface area contributed by atoms with Gasteiger partial charge in [-0.1, -0.05) is 128 Å². The van der Waals surface area contributed by atoms with Gasteiger partial charge >= 0.3 is 5.97 Å². The fraction of sp³-hybridized carbons (Fsp3) is 0.889. The zero-order chi connectivity index (χ0) is 21.3. The molecule has 0 atom stereocenters. The van der Waals surface area contributed by atoms with Gasteiger partial charge in [-0.2, -0.15) is 0 Å². The van der Waals surface area contributed by atoms with Crippen LogP contribution in [-0.2, 0) is 4.79 Å². The molecule has 0 aliphatic carbocycles. The monoisotopic (exact) mass is 408 g/mol. The third kappa shape index (κ3) is 27.2. The molecule has 0 bridgehead atoms. The molecular formula is C27H52O2. The van der Waals surface area contributed by atoms with Crippen LogP contribution in [0.5, 0.6) is 0 Å². The maximum Gasteiger partial charge on any atom is 0.303 e. The molecule has 0 unspecified atom stereocenters. The summed E-state index contributed by atoms with van der Waals surface area (Å²) in [5, 5.41) is 8.59. The van der Waals surface area contributed by atoms with Gasteiger partial charge in [0.15, 0.2) is 0 Å². The third-order valence-corrected chi connectivity index (χ3v) is 5.90. The number of unbranched alkanes of at least 4 members (excludes halogenated alkanes) is 20. The van der Waals surface area contributed by atoms with Crippen LogP contribution < -0.4 is 0 Å². The molecule has 2 heteroatoms. The minimum absolute atomic E-state index is 0.342. The predicted molar refractivity (Wildman–Crippen MR) is 129 cm³/mol. The Morgan fingerprint density at radius 3 is 1.17 bits per heavy atom. The molecule has 29 heavy (non-hydrogen) atoms. The lowest BCUT2D eigenvalue weighted by molar-refractivity contribution is -0.137. The van der Waals surface area contributed by atoms with Gasteiger partial charge < -0.3 is 5.11 Å². The zero-order valence-corrected chi connectivity index (χ0v) is 19.8. The molecule has 0 saturated carbocycles. The first-order valence-corrected chi connectivity index (χ1v) is 13.1. The summed E-state index contributed by atoms with van der Waals surface area (Å²) in [5.41, 5.74) is 0. The molecule has 2 nitrogen and oxygen atoms in total. The van der Waals surface area contributed by atoms with Crippen molar-refractivity contribution in [2.45, 2.75) is 155 Å². The summed E-state index contributed by atoms with van der Waals surface area (Å²) < 4.78 is 0. The number of carboxylic acid groups (broad SMARTS) is 1. The first-order valence-electron chi connectivity index (χ1n) is 13.1. The van der Waals surface area contributed by atoms with Crippen LogP contribution in [0.15, 0.2) is 12.2 Å². The van der Waals surface area contributed by atoms with Crippen LogP contribution in [0.1, 0.15) is 155 Å². The molecule has 172 valence electrons. The summed E-state index contributed by atoms with van der Waals surface area (Å²) in [4.78, 5) is 10.4. The molecule has 0 aromatic rings. The minimum Gasteiger partial charge on any atom is -0.481 e. The first kappa shape index (κ1) is 28.2. The molecule has 0 heterocycles. The van der Waals surface area contributed by atoms with Crippen molar-refractivity contribution in [3.8, 4) is 0 Å². The van der Waals surface area contributed by atoms with Crippen molar-refractivity contribution in [2.75, 3.05) is 0 Å². The van der Waals surface area contributed by atoms with Crippen LogP contribution in [0.3, 0.4) is 0 Å². The highest BCUT2D eigenvalue weighted by Crippen LogP contribution is 2.13. The van der Waals surface area contributed by atoms with Crippen molar-refractivity contribution in [3.05, 3.63) is 12.2 Å². The van der Waals surface area contributed by atoms with Gasteiger partial charge in [0.2, 0.25) is 0 Å². The van der Waals surface area contributed by atoms with E-state index in [1.165, 1.54) is 128 Å². The van der Waals surface area contributed by atoms with Gasteiger partial charge in [0, 0.05) is 6.42 Å². The highest BCUT2D eigenvalue weighted by atomic mass is 16.4. The van der Waals surface area contributed by atoms with Gasteiger partial charge in [-0.25, -0.2) is 0 Å². The van der Waals surface area contributed by atoms with Crippen LogP contribution in [-0.4, -0.2) is 11.1 Å². The highest BCUT2D eigenvalue weighted by Gasteiger charge is 1.97. The van der Waals surface area contributed by atoms with Crippen LogP contribution in [0, 0.1) is 0 Å². The van der Waals surface area contributed by atoms with Gasteiger partial charge in [-0.05, 0) is 32.1 Å². The summed E-state index contributed by atoms with van der Waals surface area (Å²) in [6, 6.07) is 0. The lowest BCUT2D eigenvalue weighted by Gasteiger charge is -2.02. The number of allylic oxidation sites excluding steroid dienone is 2. The van der Waals surface area contributed by atoms with Crippen molar-refractivity contribution in [2.24, 2.45) is 0 Å². The summed E-state index contributed by atoms with van der Waals surface area (Å²) in [7, 11) is 0. The van der Waals surface area contributed by atoms with Crippen LogP contribution >= 0.6 is 0 Å². The zero-order valence-electron chi connectivity index (χ0n) is 19.8. The van der Waals surface area contributed by atoms with Gasteiger partial charge in [0.05, 0.1) is 0 Å². The minimum atomic E-state index is -0.653. The van der Waals surface area contributed by atoms with Gasteiger partial charge in [0.25, 0.3) is 0 Å². The maximum atomic E-state index is 10.4. The molecule has 0 radical (unpaired) electrons. The quantitative estimate of drug-likeness (QED) is 0.127. The van der Waals surface area contributed by atoms with E-state index in [1.807, 2.05) is 0 Å². The van der Waals surface area contributed by atoms with Crippen molar-refractivity contribution in [1.82, 2.24) is 0 Å². The van der Waals surface area contributed by atoms with E-state index in [2.05, 4.69) is 19.1 Å². The Bertz CT molecular complexity index is 348. The second-order valence-corrected chi connectivity index (χ2v) is 8.91. The van der Waals surface area contributed by atoms with E-state index in [0.29, 0.717) is 6.42 Å². The van der Waals surface area contributed by atoms with E-state index in [-0.39, 0.29) is 0 Å². The average molecular weight is 409 g/mol. The molecule has 0 spiro atoms. The van der Waals surface area contributed by atoms with Crippen LogP contribution in [0.2, 0.25) is 0 Å². The molecule has 0 amide bonds. The van der Waals surface area contributed by atoms with E-state index >= 15 is 0 Å². The first-order chi connectivity index (χ1) is 14.3. The van der Waals surface area contributed by atoms with E-state index in [4.69, 9.17) is 5.11 Å². The van der Waals surface area contributed by atoms with E-state index in [0.717, 1.165) is 12.8 Å². The molecule has 0 fully saturated rings. The summed E-state index contributed by atoms with van der Waals surface area (Å²) in [5.74, 6) is -0.653. The Morgan fingerprint density at radius 1 is 0.517 bits per heavy atom. The van der Waals surface area contributed by atoms with E-state index in [9.17, 15) is 4.79 Å². The van der Waals surface area contributed by atoms with Crippen molar-refractivity contribution in [3.63, 3.8) is 0 Å².